The Morgan fingerprint density at radius 1 is 1.73 bits per heavy atom. The Morgan fingerprint density at radius 3 is 2.91 bits per heavy atom. The van der Waals surface area contributed by atoms with Gasteiger partial charge in [0.15, 0.2) is 0 Å². The van der Waals surface area contributed by atoms with Gasteiger partial charge in [-0.3, -0.25) is 0 Å². The molecule has 0 amide bonds. The molecule has 1 aromatic rings. The van der Waals surface area contributed by atoms with Gasteiger partial charge in [0.05, 0.1) is 5.02 Å². The Labute approximate surface area is 76.2 Å². The van der Waals surface area contributed by atoms with Gasteiger partial charge < -0.3 is 5.73 Å². The van der Waals surface area contributed by atoms with E-state index < -0.39 is 0 Å². The SMILES string of the molecule is C[C@H](N)CCc1sccc1Cl. The zero-order valence-corrected chi connectivity index (χ0v) is 8.08. The van der Waals surface area contributed by atoms with Gasteiger partial charge in [-0.25, -0.2) is 0 Å². The van der Waals surface area contributed by atoms with Crippen LogP contribution in [0.3, 0.4) is 0 Å². The summed E-state index contributed by atoms with van der Waals surface area (Å²) in [6.45, 7) is 2.02. The van der Waals surface area contributed by atoms with E-state index in [1.54, 1.807) is 11.3 Å². The highest BCUT2D eigenvalue weighted by atomic mass is 35.5. The van der Waals surface area contributed by atoms with Crippen molar-refractivity contribution in [2.75, 3.05) is 0 Å². The number of aryl methyl sites for hydroxylation is 1. The fourth-order valence-corrected chi connectivity index (χ4v) is 2.01. The van der Waals surface area contributed by atoms with Crippen molar-refractivity contribution in [3.05, 3.63) is 21.3 Å². The van der Waals surface area contributed by atoms with Gasteiger partial charge in [0.1, 0.15) is 0 Å². The molecule has 1 heterocycles. The van der Waals surface area contributed by atoms with Crippen LogP contribution >= 0.6 is 22.9 Å². The smallest absolute Gasteiger partial charge is 0.0544 e. The Balaban J connectivity index is 2.44. The summed E-state index contributed by atoms with van der Waals surface area (Å²) in [4.78, 5) is 1.25. The average Bonchev–Trinajstić information content (AvgIpc) is 2.31. The molecule has 0 aliphatic rings. The third kappa shape index (κ3) is 2.81. The van der Waals surface area contributed by atoms with Gasteiger partial charge in [-0.1, -0.05) is 11.6 Å². The standard InChI is InChI=1S/C8H12ClNS/c1-6(10)2-3-8-7(9)4-5-11-8/h4-6H,2-3,10H2,1H3/t6-/m0/s1. The fourth-order valence-electron chi connectivity index (χ4n) is 0.862. The second-order valence-corrected chi connectivity index (χ2v) is 4.12. The molecule has 0 saturated carbocycles. The Bertz CT molecular complexity index is 220. The van der Waals surface area contributed by atoms with E-state index in [2.05, 4.69) is 0 Å². The number of hydrogen-bond donors (Lipinski definition) is 1. The maximum atomic E-state index is 5.89. The molecule has 0 aromatic carbocycles. The van der Waals surface area contributed by atoms with Crippen LogP contribution in [0.15, 0.2) is 11.4 Å². The summed E-state index contributed by atoms with van der Waals surface area (Å²) in [6, 6.07) is 2.20. The van der Waals surface area contributed by atoms with Crippen LogP contribution in [0.25, 0.3) is 0 Å². The lowest BCUT2D eigenvalue weighted by molar-refractivity contribution is 0.670. The maximum Gasteiger partial charge on any atom is 0.0544 e. The van der Waals surface area contributed by atoms with Crippen molar-refractivity contribution in [2.45, 2.75) is 25.8 Å². The van der Waals surface area contributed by atoms with Crippen molar-refractivity contribution in [1.29, 1.82) is 0 Å². The van der Waals surface area contributed by atoms with E-state index in [1.165, 1.54) is 4.88 Å². The van der Waals surface area contributed by atoms with Crippen LogP contribution in [0.4, 0.5) is 0 Å². The van der Waals surface area contributed by atoms with Crippen LogP contribution < -0.4 is 5.73 Å². The first-order valence-electron chi connectivity index (χ1n) is 3.67. The predicted octanol–water partition coefficient (Wildman–Crippen LogP) is 2.68. The largest absolute Gasteiger partial charge is 0.328 e. The molecule has 1 rings (SSSR count). The average molecular weight is 190 g/mol. The molecule has 0 radical (unpaired) electrons. The monoisotopic (exact) mass is 189 g/mol. The quantitative estimate of drug-likeness (QED) is 0.778. The number of nitrogens with two attached hydrogens (primary N) is 1. The molecule has 0 aliphatic heterocycles. The molecule has 0 fully saturated rings. The summed E-state index contributed by atoms with van der Waals surface area (Å²) >= 11 is 7.60. The third-order valence-corrected chi connectivity index (χ3v) is 2.96. The molecule has 2 N–H and O–H groups in total. The minimum Gasteiger partial charge on any atom is -0.328 e. The second kappa shape index (κ2) is 4.10. The lowest BCUT2D eigenvalue weighted by Crippen LogP contribution is -2.15. The molecular formula is C8H12ClNS. The summed E-state index contributed by atoms with van der Waals surface area (Å²) in [5, 5.41) is 2.90. The minimum atomic E-state index is 0.271. The summed E-state index contributed by atoms with van der Waals surface area (Å²) in [7, 11) is 0. The van der Waals surface area contributed by atoms with E-state index in [9.17, 15) is 0 Å². The zero-order valence-electron chi connectivity index (χ0n) is 6.51. The first kappa shape index (κ1) is 9.04. The lowest BCUT2D eigenvalue weighted by atomic mass is 10.2. The normalized spacial score (nSPS) is 13.4. The Morgan fingerprint density at radius 2 is 2.45 bits per heavy atom. The van der Waals surface area contributed by atoms with Crippen molar-refractivity contribution in [3.8, 4) is 0 Å². The fraction of sp³-hybridized carbons (Fsp3) is 0.500. The molecule has 0 saturated heterocycles. The van der Waals surface area contributed by atoms with E-state index in [4.69, 9.17) is 17.3 Å². The minimum absolute atomic E-state index is 0.271. The van der Waals surface area contributed by atoms with Gasteiger partial charge in [0.25, 0.3) is 0 Å². The molecule has 0 aliphatic carbocycles. The molecule has 62 valence electrons. The third-order valence-electron chi connectivity index (χ3n) is 1.52. The van der Waals surface area contributed by atoms with Crippen molar-refractivity contribution in [1.82, 2.24) is 0 Å². The zero-order chi connectivity index (χ0) is 8.27. The number of thiophene rings is 1. The van der Waals surface area contributed by atoms with Crippen LogP contribution in [0.2, 0.25) is 5.02 Å². The lowest BCUT2D eigenvalue weighted by Gasteiger charge is -2.02. The highest BCUT2D eigenvalue weighted by Crippen LogP contribution is 2.23. The molecule has 3 heteroatoms. The molecule has 1 atom stereocenters. The van der Waals surface area contributed by atoms with Crippen molar-refractivity contribution >= 4 is 22.9 Å². The number of rotatable bonds is 3. The van der Waals surface area contributed by atoms with Gasteiger partial charge in [-0.2, -0.15) is 0 Å². The van der Waals surface area contributed by atoms with Gasteiger partial charge in [-0.15, -0.1) is 11.3 Å². The van der Waals surface area contributed by atoms with Crippen LogP contribution in [0, 0.1) is 0 Å². The Kier molecular flexibility index (Phi) is 3.37. The van der Waals surface area contributed by atoms with E-state index in [-0.39, 0.29) is 6.04 Å². The molecule has 0 bridgehead atoms. The summed E-state index contributed by atoms with van der Waals surface area (Å²) in [6.07, 6.45) is 2.02. The maximum absolute atomic E-state index is 5.89. The van der Waals surface area contributed by atoms with Crippen molar-refractivity contribution in [2.24, 2.45) is 5.73 Å². The predicted molar refractivity (Wildman–Crippen MR) is 51.3 cm³/mol. The first-order valence-corrected chi connectivity index (χ1v) is 4.93. The van der Waals surface area contributed by atoms with E-state index in [0.717, 1.165) is 17.9 Å². The number of hydrogen-bond acceptors (Lipinski definition) is 2. The first-order chi connectivity index (χ1) is 5.20. The van der Waals surface area contributed by atoms with E-state index in [1.807, 2.05) is 18.4 Å². The van der Waals surface area contributed by atoms with Gasteiger partial charge in [-0.05, 0) is 31.2 Å². The van der Waals surface area contributed by atoms with Crippen LogP contribution in [0.5, 0.6) is 0 Å². The van der Waals surface area contributed by atoms with E-state index in [0.29, 0.717) is 0 Å². The topological polar surface area (TPSA) is 26.0 Å². The van der Waals surface area contributed by atoms with Gasteiger partial charge in [0.2, 0.25) is 0 Å². The summed E-state index contributed by atoms with van der Waals surface area (Å²) in [5.74, 6) is 0. The van der Waals surface area contributed by atoms with Crippen LogP contribution in [-0.4, -0.2) is 6.04 Å². The summed E-state index contributed by atoms with van der Waals surface area (Å²) in [5.41, 5.74) is 5.62. The highest BCUT2D eigenvalue weighted by molar-refractivity contribution is 7.10. The molecular weight excluding hydrogens is 178 g/mol. The second-order valence-electron chi connectivity index (χ2n) is 2.71. The van der Waals surface area contributed by atoms with Crippen molar-refractivity contribution < 1.29 is 0 Å². The van der Waals surface area contributed by atoms with Crippen LogP contribution in [0.1, 0.15) is 18.2 Å². The van der Waals surface area contributed by atoms with E-state index >= 15 is 0 Å². The van der Waals surface area contributed by atoms with Gasteiger partial charge in [0, 0.05) is 10.9 Å². The molecule has 0 spiro atoms. The Hall–Kier alpha value is -0.0500. The highest BCUT2D eigenvalue weighted by Gasteiger charge is 2.02. The summed E-state index contributed by atoms with van der Waals surface area (Å²) < 4.78 is 0. The number of halogens is 1. The van der Waals surface area contributed by atoms with Gasteiger partial charge >= 0.3 is 0 Å². The van der Waals surface area contributed by atoms with Crippen molar-refractivity contribution in [3.63, 3.8) is 0 Å². The molecule has 1 nitrogen and oxygen atoms in total. The molecule has 1 aromatic heterocycles. The molecule has 0 unspecified atom stereocenters. The molecule has 11 heavy (non-hydrogen) atoms. The van der Waals surface area contributed by atoms with Crippen LogP contribution in [-0.2, 0) is 6.42 Å².